The largest absolute Gasteiger partial charge is 0.504 e. The first kappa shape index (κ1) is 50.5. The van der Waals surface area contributed by atoms with Crippen molar-refractivity contribution in [3.05, 3.63) is 131 Å². The second-order valence-electron chi connectivity index (χ2n) is 15.7. The number of rotatable bonds is 20. The van der Waals surface area contributed by atoms with Crippen LogP contribution in [0.15, 0.2) is 103 Å². The van der Waals surface area contributed by atoms with Crippen molar-refractivity contribution in [2.75, 3.05) is 28.4 Å². The Kier molecular flexibility index (Phi) is 16.8. The van der Waals surface area contributed by atoms with Crippen LogP contribution in [0.4, 0.5) is 22.7 Å². The summed E-state index contributed by atoms with van der Waals surface area (Å²) in [7, 11) is 1.13. The molecule has 0 aliphatic heterocycles. The highest BCUT2D eigenvalue weighted by atomic mass is 16.5. The summed E-state index contributed by atoms with van der Waals surface area (Å²) in [6.07, 6.45) is -2.39. The van der Waals surface area contributed by atoms with Crippen LogP contribution in [-0.2, 0) is 25.5 Å². The molecule has 0 aliphatic carbocycles. The van der Waals surface area contributed by atoms with Crippen LogP contribution in [-0.4, -0.2) is 94.2 Å². The summed E-state index contributed by atoms with van der Waals surface area (Å²) in [4.78, 5) is 90.6. The molecule has 5 aromatic carbocycles. The molecule has 0 aromatic heterocycles. The third-order valence-corrected chi connectivity index (χ3v) is 9.81. The molecule has 0 spiro atoms. The molecule has 20 heteroatoms. The Balaban J connectivity index is 1.26. The number of aromatic hydroxyl groups is 2. The summed E-state index contributed by atoms with van der Waals surface area (Å²) in [5.41, 5.74) is 12.2. The number of phenols is 2. The maximum atomic E-state index is 13.6. The highest BCUT2D eigenvalue weighted by Gasteiger charge is 2.35. The van der Waals surface area contributed by atoms with Crippen molar-refractivity contribution in [1.82, 2.24) is 5.32 Å². The number of amides is 6. The SMILES string of the molecule is CO[C@@H](C(N)=O)[C@H](NC(=O)c1ccc(NC(=O)C(N)Cc2ccccc2)cc1)C(=O)Nc1ccc(C(=O)Nc2ccc(C(=O)Nc3ccc(C(=O)O)c(O)c3OC(C)C)c(O)c2OC(C)C)cc1. The lowest BCUT2D eigenvalue weighted by Gasteiger charge is -2.24. The summed E-state index contributed by atoms with van der Waals surface area (Å²) < 4.78 is 16.6. The number of carbonyl (C=O) groups is 7. The third-order valence-electron chi connectivity index (χ3n) is 9.81. The Morgan fingerprint density at radius 2 is 1.06 bits per heavy atom. The van der Waals surface area contributed by atoms with Gasteiger partial charge in [0.1, 0.15) is 11.6 Å². The zero-order valence-corrected chi connectivity index (χ0v) is 37.5. The smallest absolute Gasteiger partial charge is 0.339 e. The molecule has 1 unspecified atom stereocenters. The van der Waals surface area contributed by atoms with Crippen molar-refractivity contribution in [2.24, 2.45) is 11.5 Å². The summed E-state index contributed by atoms with van der Waals surface area (Å²) >= 11 is 0. The van der Waals surface area contributed by atoms with E-state index in [9.17, 15) is 48.9 Å². The normalized spacial score (nSPS) is 12.2. The van der Waals surface area contributed by atoms with Crippen LogP contribution in [0.25, 0.3) is 0 Å². The summed E-state index contributed by atoms with van der Waals surface area (Å²) in [5.74, 6) is -8.13. The van der Waals surface area contributed by atoms with E-state index in [1.165, 1.54) is 66.7 Å². The number of phenolic OH excluding ortho intramolecular Hbond substituents is 1. The van der Waals surface area contributed by atoms with Crippen molar-refractivity contribution >= 4 is 64.2 Å². The lowest BCUT2D eigenvalue weighted by molar-refractivity contribution is -0.134. The number of primary amides is 1. The van der Waals surface area contributed by atoms with Crippen LogP contribution in [0.5, 0.6) is 23.0 Å². The Labute approximate surface area is 390 Å². The molecule has 5 rings (SSSR count). The first-order valence-corrected chi connectivity index (χ1v) is 20.9. The molecule has 0 bridgehead atoms. The van der Waals surface area contributed by atoms with Gasteiger partial charge in [-0.15, -0.1) is 0 Å². The third kappa shape index (κ3) is 12.9. The van der Waals surface area contributed by atoms with Gasteiger partial charge in [-0.3, -0.25) is 28.8 Å². The molecule has 0 radical (unpaired) electrons. The maximum absolute atomic E-state index is 13.6. The summed E-state index contributed by atoms with van der Waals surface area (Å²) in [6.45, 7) is 6.55. The molecule has 5 aromatic rings. The van der Waals surface area contributed by atoms with E-state index in [0.717, 1.165) is 18.7 Å². The molecule has 0 saturated carbocycles. The molecular formula is C48H51N7O13. The van der Waals surface area contributed by atoms with Crippen LogP contribution < -0.4 is 47.5 Å². The van der Waals surface area contributed by atoms with E-state index in [4.69, 9.17) is 25.7 Å². The number of methoxy groups -OCH3 is 1. The Morgan fingerprint density at radius 3 is 1.54 bits per heavy atom. The van der Waals surface area contributed by atoms with Gasteiger partial charge >= 0.3 is 5.97 Å². The predicted molar refractivity (Wildman–Crippen MR) is 250 cm³/mol. The molecule has 0 saturated heterocycles. The van der Waals surface area contributed by atoms with Crippen LogP contribution in [0, 0.1) is 0 Å². The number of anilines is 4. The van der Waals surface area contributed by atoms with E-state index in [2.05, 4.69) is 26.6 Å². The molecule has 0 heterocycles. The predicted octanol–water partition coefficient (Wildman–Crippen LogP) is 4.62. The monoisotopic (exact) mass is 933 g/mol. The van der Waals surface area contributed by atoms with Crippen molar-refractivity contribution in [3.63, 3.8) is 0 Å². The van der Waals surface area contributed by atoms with Crippen LogP contribution in [0.1, 0.15) is 74.7 Å². The average Bonchev–Trinajstić information content (AvgIpc) is 3.28. The van der Waals surface area contributed by atoms with Crippen LogP contribution >= 0.6 is 0 Å². The Morgan fingerprint density at radius 1 is 0.588 bits per heavy atom. The highest BCUT2D eigenvalue weighted by Crippen LogP contribution is 2.41. The van der Waals surface area contributed by atoms with E-state index >= 15 is 0 Å². The fourth-order valence-electron chi connectivity index (χ4n) is 6.53. The lowest BCUT2D eigenvalue weighted by Crippen LogP contribution is -2.56. The molecule has 20 nitrogen and oxygen atoms in total. The van der Waals surface area contributed by atoms with Gasteiger partial charge in [-0.25, -0.2) is 4.79 Å². The van der Waals surface area contributed by atoms with E-state index in [-0.39, 0.29) is 45.3 Å². The van der Waals surface area contributed by atoms with E-state index in [1.807, 2.05) is 30.3 Å². The molecule has 6 amide bonds. The number of carbonyl (C=O) groups excluding carboxylic acids is 6. The molecule has 356 valence electrons. The van der Waals surface area contributed by atoms with Gasteiger partial charge < -0.3 is 67.6 Å². The van der Waals surface area contributed by atoms with Gasteiger partial charge in [0.25, 0.3) is 17.7 Å². The van der Waals surface area contributed by atoms with E-state index in [0.29, 0.717) is 12.1 Å². The van der Waals surface area contributed by atoms with Crippen LogP contribution in [0.3, 0.4) is 0 Å². The van der Waals surface area contributed by atoms with Crippen molar-refractivity contribution in [1.29, 1.82) is 0 Å². The number of hydrogen-bond donors (Lipinski definition) is 10. The molecule has 0 aliphatic rings. The number of carboxylic acid groups (broad SMARTS) is 1. The standard InChI is InChI=1S/C48H51N7O13/c1-24(2)67-39-34(21-19-31(37(39)56)45(61)54-35-22-20-32(48(64)65)38(57)40(35)68-25(3)4)53-43(59)27-11-17-30(18-12-27)52-47(63)36(41(66-5)42(50)58)55-44(60)28-13-15-29(16-14-28)51-46(62)33(49)23-26-9-7-6-8-10-26/h6-22,24-25,33,36,41,56-57H,23,49H2,1-5H3,(H2,50,58)(H,51,62)(H,52,63)(H,53,59)(H,54,61)(H,55,60)(H,64,65)/t33?,36-,41+/m0/s1. The van der Waals surface area contributed by atoms with Gasteiger partial charge in [0.15, 0.2) is 29.1 Å². The highest BCUT2D eigenvalue weighted by molar-refractivity contribution is 6.11. The minimum absolute atomic E-state index is 0.0273. The van der Waals surface area contributed by atoms with Gasteiger partial charge in [0.05, 0.1) is 35.2 Å². The summed E-state index contributed by atoms with van der Waals surface area (Å²) in [5, 5.41) is 44.2. The van der Waals surface area contributed by atoms with Gasteiger partial charge in [0.2, 0.25) is 17.7 Å². The number of nitrogens with one attached hydrogen (secondary N) is 5. The Bertz CT molecular complexity index is 2680. The van der Waals surface area contributed by atoms with Crippen molar-refractivity contribution < 1.29 is 63.1 Å². The second-order valence-corrected chi connectivity index (χ2v) is 15.7. The van der Waals surface area contributed by atoms with Gasteiger partial charge in [0, 0.05) is 29.6 Å². The molecule has 68 heavy (non-hydrogen) atoms. The number of aromatic carboxylic acids is 1. The van der Waals surface area contributed by atoms with Crippen molar-refractivity contribution in [2.45, 2.75) is 64.5 Å². The fraction of sp³-hybridized carbons (Fsp3) is 0.229. The first-order chi connectivity index (χ1) is 32.3. The molecular weight excluding hydrogens is 883 g/mol. The van der Waals surface area contributed by atoms with Gasteiger partial charge in [-0.05, 0) is 112 Å². The number of nitrogens with two attached hydrogens (primary N) is 2. The fourth-order valence-corrected chi connectivity index (χ4v) is 6.53. The first-order valence-electron chi connectivity index (χ1n) is 20.9. The van der Waals surface area contributed by atoms with E-state index < -0.39 is 88.9 Å². The van der Waals surface area contributed by atoms with Gasteiger partial charge in [-0.1, -0.05) is 30.3 Å². The average molecular weight is 934 g/mol. The number of hydrogen-bond acceptors (Lipinski definition) is 13. The minimum atomic E-state index is -1.64. The number of ether oxygens (including phenoxy) is 3. The quantitative estimate of drug-likeness (QED) is 0.0509. The Hall–Kier alpha value is -8.49. The van der Waals surface area contributed by atoms with Crippen LogP contribution in [0.2, 0.25) is 0 Å². The zero-order chi connectivity index (χ0) is 49.8. The zero-order valence-electron chi connectivity index (χ0n) is 37.5. The van der Waals surface area contributed by atoms with Gasteiger partial charge in [-0.2, -0.15) is 0 Å². The topological polar surface area (TPSA) is 320 Å². The van der Waals surface area contributed by atoms with E-state index in [1.54, 1.807) is 27.7 Å². The second kappa shape index (κ2) is 22.6. The van der Waals surface area contributed by atoms with Crippen molar-refractivity contribution in [3.8, 4) is 23.0 Å². The molecule has 0 fully saturated rings. The summed E-state index contributed by atoms with van der Waals surface area (Å²) in [6, 6.07) is 22.7. The maximum Gasteiger partial charge on any atom is 0.339 e. The molecule has 12 N–H and O–H groups in total. The minimum Gasteiger partial charge on any atom is -0.504 e. The number of benzene rings is 5. The number of carboxylic acids is 1. The molecule has 3 atom stereocenters. The lowest BCUT2D eigenvalue weighted by atomic mass is 10.1.